The average Bonchev–Trinajstić information content (AvgIpc) is 2.39. The summed E-state index contributed by atoms with van der Waals surface area (Å²) in [4.78, 5) is 22.2. The van der Waals surface area contributed by atoms with Gasteiger partial charge < -0.3 is 10.6 Å². The van der Waals surface area contributed by atoms with Crippen LogP contribution in [0.15, 0.2) is 18.2 Å². The van der Waals surface area contributed by atoms with Gasteiger partial charge in [0.2, 0.25) is 5.91 Å². The third-order valence-corrected chi connectivity index (χ3v) is 2.78. The van der Waals surface area contributed by atoms with Gasteiger partial charge in [-0.2, -0.15) is 0 Å². The molecule has 0 fully saturated rings. The lowest BCUT2D eigenvalue weighted by Crippen LogP contribution is -2.42. The Morgan fingerprint density at radius 3 is 2.68 bits per heavy atom. The highest BCUT2D eigenvalue weighted by Gasteiger charge is 2.11. The molecule has 0 bridgehead atoms. The van der Waals surface area contributed by atoms with Crippen molar-refractivity contribution < 1.29 is 14.0 Å². The Bertz CT molecular complexity index is 482. The van der Waals surface area contributed by atoms with Crippen LogP contribution in [-0.2, 0) is 4.79 Å². The summed E-state index contributed by atoms with van der Waals surface area (Å²) in [6.07, 6.45) is 0. The van der Waals surface area contributed by atoms with E-state index in [9.17, 15) is 14.0 Å². The summed E-state index contributed by atoms with van der Waals surface area (Å²) in [6, 6.07) is 3.57. The van der Waals surface area contributed by atoms with Gasteiger partial charge in [-0.15, -0.1) is 0 Å². The van der Waals surface area contributed by atoms with Crippen LogP contribution in [0.3, 0.4) is 0 Å². The zero-order valence-electron chi connectivity index (χ0n) is 10.6. The molecule has 1 rings (SSSR count). The van der Waals surface area contributed by atoms with Crippen LogP contribution >= 0.6 is 11.6 Å². The zero-order valence-corrected chi connectivity index (χ0v) is 11.3. The van der Waals surface area contributed by atoms with E-state index in [0.717, 1.165) is 5.56 Å². The summed E-state index contributed by atoms with van der Waals surface area (Å²) >= 11 is 5.67. The number of hydrogen-bond acceptors (Lipinski definition) is 3. The van der Waals surface area contributed by atoms with Crippen molar-refractivity contribution in [1.29, 1.82) is 0 Å². The average molecular weight is 288 g/mol. The van der Waals surface area contributed by atoms with Crippen LogP contribution in [0.25, 0.3) is 0 Å². The molecule has 7 heteroatoms. The topological polar surface area (TPSA) is 70.2 Å². The van der Waals surface area contributed by atoms with E-state index < -0.39 is 17.8 Å². The summed E-state index contributed by atoms with van der Waals surface area (Å²) in [5, 5.41) is 7.32. The van der Waals surface area contributed by atoms with Gasteiger partial charge in [0.15, 0.2) is 0 Å². The van der Waals surface area contributed by atoms with Crippen molar-refractivity contribution >= 4 is 23.5 Å². The lowest BCUT2D eigenvalue weighted by atomic mass is 10.1. The van der Waals surface area contributed by atoms with E-state index in [1.165, 1.54) is 19.2 Å². The molecule has 0 radical (unpaired) electrons. The Morgan fingerprint density at radius 2 is 2.11 bits per heavy atom. The molecular formula is C12H15ClFN3O2. The fraction of sp³-hybridized carbons (Fsp3) is 0.333. The highest BCUT2D eigenvalue weighted by molar-refractivity contribution is 6.30. The van der Waals surface area contributed by atoms with Crippen molar-refractivity contribution in [3.63, 3.8) is 0 Å². The number of benzene rings is 1. The number of carbonyl (C=O) groups is 2. The lowest BCUT2D eigenvalue weighted by Gasteiger charge is -2.14. The molecule has 0 saturated heterocycles. The minimum Gasteiger partial charge on any atom is -0.341 e. The number of hydrogen-bond donors (Lipinski definition) is 3. The predicted molar refractivity (Wildman–Crippen MR) is 70.4 cm³/mol. The highest BCUT2D eigenvalue weighted by Crippen LogP contribution is 2.20. The first kappa shape index (κ1) is 15.4. The number of rotatable bonds is 4. The van der Waals surface area contributed by atoms with Crippen LogP contribution in [0.2, 0.25) is 5.02 Å². The Labute approximate surface area is 115 Å². The third kappa shape index (κ3) is 4.84. The maximum atomic E-state index is 13.0. The van der Waals surface area contributed by atoms with E-state index in [1.54, 1.807) is 13.0 Å². The minimum atomic E-state index is -0.565. The van der Waals surface area contributed by atoms with E-state index in [1.807, 2.05) is 0 Å². The standard InChI is InChI=1S/C12H15ClFN3O2/c1-7(8-3-4-10(14)9(13)5-8)16-6-11(18)17-12(19)15-2/h3-5,7,16H,6H2,1-2H3,(H2,15,17,18,19). The van der Waals surface area contributed by atoms with E-state index in [4.69, 9.17) is 11.6 Å². The smallest absolute Gasteiger partial charge is 0.321 e. The Kier molecular flexibility index (Phi) is 5.72. The van der Waals surface area contributed by atoms with E-state index in [2.05, 4.69) is 16.0 Å². The summed E-state index contributed by atoms with van der Waals surface area (Å²) in [7, 11) is 1.42. The maximum Gasteiger partial charge on any atom is 0.321 e. The number of imide groups is 1. The van der Waals surface area contributed by atoms with Crippen LogP contribution in [0.5, 0.6) is 0 Å². The maximum absolute atomic E-state index is 13.0. The molecule has 0 heterocycles. The largest absolute Gasteiger partial charge is 0.341 e. The molecule has 3 amide bonds. The number of urea groups is 1. The van der Waals surface area contributed by atoms with Gasteiger partial charge >= 0.3 is 6.03 Å². The first-order valence-corrected chi connectivity index (χ1v) is 6.01. The molecule has 0 saturated carbocycles. The number of halogens is 2. The predicted octanol–water partition coefficient (Wildman–Crippen LogP) is 1.59. The Hall–Kier alpha value is -1.66. The molecule has 1 unspecified atom stereocenters. The van der Waals surface area contributed by atoms with Gasteiger partial charge in [0.05, 0.1) is 11.6 Å². The van der Waals surface area contributed by atoms with Gasteiger partial charge in [-0.05, 0) is 24.6 Å². The zero-order chi connectivity index (χ0) is 14.4. The molecule has 1 aromatic rings. The molecular weight excluding hydrogens is 273 g/mol. The first-order chi connectivity index (χ1) is 8.93. The molecule has 5 nitrogen and oxygen atoms in total. The second-order valence-electron chi connectivity index (χ2n) is 3.90. The van der Waals surface area contributed by atoms with Gasteiger partial charge in [0.1, 0.15) is 5.82 Å². The normalized spacial score (nSPS) is 11.8. The van der Waals surface area contributed by atoms with E-state index in [0.29, 0.717) is 0 Å². The van der Waals surface area contributed by atoms with Crippen molar-refractivity contribution in [2.45, 2.75) is 13.0 Å². The van der Waals surface area contributed by atoms with E-state index >= 15 is 0 Å². The molecule has 0 aliphatic rings. The van der Waals surface area contributed by atoms with Crippen molar-refractivity contribution in [3.8, 4) is 0 Å². The fourth-order valence-corrected chi connectivity index (χ4v) is 1.57. The number of amides is 3. The quantitative estimate of drug-likeness (QED) is 0.787. The summed E-state index contributed by atoms with van der Waals surface area (Å²) in [5.74, 6) is -0.950. The van der Waals surface area contributed by atoms with Gasteiger partial charge in [-0.25, -0.2) is 9.18 Å². The molecule has 1 atom stereocenters. The van der Waals surface area contributed by atoms with Crippen LogP contribution < -0.4 is 16.0 Å². The summed E-state index contributed by atoms with van der Waals surface area (Å²) in [6.45, 7) is 1.76. The summed E-state index contributed by atoms with van der Waals surface area (Å²) in [5.41, 5.74) is 0.749. The second kappa shape index (κ2) is 7.06. The Balaban J connectivity index is 2.51. The van der Waals surface area contributed by atoms with Crippen molar-refractivity contribution in [2.24, 2.45) is 0 Å². The monoisotopic (exact) mass is 287 g/mol. The van der Waals surface area contributed by atoms with Crippen molar-refractivity contribution in [3.05, 3.63) is 34.6 Å². The number of carbonyl (C=O) groups excluding carboxylic acids is 2. The van der Waals surface area contributed by atoms with Crippen molar-refractivity contribution in [2.75, 3.05) is 13.6 Å². The molecule has 1 aromatic carbocycles. The highest BCUT2D eigenvalue weighted by atomic mass is 35.5. The van der Waals surface area contributed by atoms with Crippen LogP contribution in [0, 0.1) is 5.82 Å². The third-order valence-electron chi connectivity index (χ3n) is 2.49. The van der Waals surface area contributed by atoms with Crippen LogP contribution in [-0.4, -0.2) is 25.5 Å². The first-order valence-electron chi connectivity index (χ1n) is 5.64. The van der Waals surface area contributed by atoms with Gasteiger partial charge in [0.25, 0.3) is 0 Å². The van der Waals surface area contributed by atoms with Crippen LogP contribution in [0.4, 0.5) is 9.18 Å². The molecule has 0 aliphatic carbocycles. The second-order valence-corrected chi connectivity index (χ2v) is 4.31. The lowest BCUT2D eigenvalue weighted by molar-refractivity contribution is -0.119. The molecule has 0 spiro atoms. The molecule has 19 heavy (non-hydrogen) atoms. The van der Waals surface area contributed by atoms with Gasteiger partial charge in [-0.1, -0.05) is 17.7 Å². The number of nitrogens with one attached hydrogen (secondary N) is 3. The van der Waals surface area contributed by atoms with Gasteiger partial charge in [-0.3, -0.25) is 10.1 Å². The Morgan fingerprint density at radius 1 is 1.42 bits per heavy atom. The molecule has 0 aliphatic heterocycles. The minimum absolute atomic E-state index is 0.0287. The van der Waals surface area contributed by atoms with E-state index in [-0.39, 0.29) is 17.6 Å². The SMILES string of the molecule is CNC(=O)NC(=O)CNC(C)c1ccc(F)c(Cl)c1. The van der Waals surface area contributed by atoms with Crippen molar-refractivity contribution in [1.82, 2.24) is 16.0 Å². The molecule has 0 aromatic heterocycles. The van der Waals surface area contributed by atoms with Gasteiger partial charge in [0, 0.05) is 13.1 Å². The van der Waals surface area contributed by atoms with Crippen LogP contribution in [0.1, 0.15) is 18.5 Å². The summed E-state index contributed by atoms with van der Waals surface area (Å²) < 4.78 is 13.0. The fourth-order valence-electron chi connectivity index (χ4n) is 1.38. The molecule has 104 valence electrons. The molecule has 3 N–H and O–H groups in total.